The Bertz CT molecular complexity index is 950. The molecule has 0 atom stereocenters. The summed E-state index contributed by atoms with van der Waals surface area (Å²) in [5, 5.41) is 9.14. The molecule has 1 aliphatic rings. The molecule has 3 amide bonds. The number of hydrazone groups is 1. The predicted molar refractivity (Wildman–Crippen MR) is 87.8 cm³/mol. The van der Waals surface area contributed by atoms with Crippen LogP contribution in [0, 0.1) is 0 Å². The van der Waals surface area contributed by atoms with Gasteiger partial charge in [0.1, 0.15) is 5.84 Å². The number of urea groups is 1. The maximum absolute atomic E-state index is 12.1. The Hall–Kier alpha value is -2.55. The molecule has 0 aromatic heterocycles. The van der Waals surface area contributed by atoms with Gasteiger partial charge in [0.2, 0.25) is 0 Å². The molecule has 1 aromatic carbocycles. The molecule has 0 spiro atoms. The highest BCUT2D eigenvalue weighted by atomic mass is 32.2. The SMILES string of the molecule is CCNC(=O)NC1=NN(c2cc(S(=O)(=O)O)cc(S(=O)(=O)O)c2)C(=O)C1. The Balaban J connectivity index is 2.48. The van der Waals surface area contributed by atoms with Gasteiger partial charge in [-0.2, -0.15) is 26.9 Å². The van der Waals surface area contributed by atoms with Crippen molar-refractivity contribution in [3.05, 3.63) is 18.2 Å². The number of hydrogen-bond donors (Lipinski definition) is 4. The fourth-order valence-corrected chi connectivity index (χ4v) is 3.18. The summed E-state index contributed by atoms with van der Waals surface area (Å²) in [6, 6.07) is 1.49. The van der Waals surface area contributed by atoms with Gasteiger partial charge < -0.3 is 5.32 Å². The van der Waals surface area contributed by atoms with Crippen LogP contribution < -0.4 is 15.6 Å². The summed E-state index contributed by atoms with van der Waals surface area (Å²) in [4.78, 5) is 21.8. The smallest absolute Gasteiger partial charge is 0.320 e. The van der Waals surface area contributed by atoms with E-state index in [1.165, 1.54) is 0 Å². The van der Waals surface area contributed by atoms with Gasteiger partial charge in [-0.15, -0.1) is 0 Å². The van der Waals surface area contributed by atoms with Crippen molar-refractivity contribution in [2.75, 3.05) is 11.6 Å². The number of hydrogen-bond acceptors (Lipinski definition) is 7. The topological polar surface area (TPSA) is 183 Å². The number of benzene rings is 1. The number of rotatable bonds is 4. The van der Waals surface area contributed by atoms with Crippen LogP contribution in [0.2, 0.25) is 0 Å². The highest BCUT2D eigenvalue weighted by molar-refractivity contribution is 7.86. The highest BCUT2D eigenvalue weighted by Crippen LogP contribution is 2.27. The van der Waals surface area contributed by atoms with Gasteiger partial charge in [0.05, 0.1) is 21.9 Å². The highest BCUT2D eigenvalue weighted by Gasteiger charge is 2.29. The molecule has 1 aliphatic heterocycles. The van der Waals surface area contributed by atoms with Crippen molar-refractivity contribution >= 4 is 43.7 Å². The molecule has 26 heavy (non-hydrogen) atoms. The lowest BCUT2D eigenvalue weighted by Crippen LogP contribution is -2.38. The van der Waals surface area contributed by atoms with Gasteiger partial charge in [-0.25, -0.2) is 4.79 Å². The lowest BCUT2D eigenvalue weighted by atomic mass is 10.3. The standard InChI is InChI=1S/C12H14N4O8S2/c1-2-13-12(18)14-10-6-11(17)16(15-10)7-3-8(25(19,20)21)5-9(4-7)26(22,23)24/h3-5H,2,6H2,1H3,(H,19,20,21)(H,22,23,24)(H2,13,14,15,18). The fraction of sp³-hybridized carbons (Fsp3) is 0.250. The van der Waals surface area contributed by atoms with E-state index in [4.69, 9.17) is 9.11 Å². The van der Waals surface area contributed by atoms with Gasteiger partial charge in [0.15, 0.2) is 0 Å². The minimum absolute atomic E-state index is 0.0633. The van der Waals surface area contributed by atoms with Crippen molar-refractivity contribution in [1.29, 1.82) is 0 Å². The molecule has 0 fully saturated rings. The Morgan fingerprint density at radius 3 is 2.15 bits per heavy atom. The summed E-state index contributed by atoms with van der Waals surface area (Å²) in [7, 11) is -9.67. The first kappa shape index (κ1) is 19.8. The van der Waals surface area contributed by atoms with E-state index in [-0.39, 0.29) is 17.9 Å². The third kappa shape index (κ3) is 4.54. The van der Waals surface area contributed by atoms with Crippen molar-refractivity contribution in [1.82, 2.24) is 10.6 Å². The number of carbonyl (C=O) groups excluding carboxylic acids is 2. The van der Waals surface area contributed by atoms with E-state index >= 15 is 0 Å². The maximum atomic E-state index is 12.1. The zero-order valence-electron chi connectivity index (χ0n) is 13.2. The Kier molecular flexibility index (Phi) is 5.31. The second-order valence-corrected chi connectivity index (χ2v) is 7.87. The van der Waals surface area contributed by atoms with Crippen LogP contribution in [0.1, 0.15) is 13.3 Å². The molecule has 0 radical (unpaired) electrons. The molecule has 14 heteroatoms. The summed E-state index contributed by atoms with van der Waals surface area (Å²) < 4.78 is 63.5. The van der Waals surface area contributed by atoms with Crippen molar-refractivity contribution < 1.29 is 35.5 Å². The van der Waals surface area contributed by atoms with Gasteiger partial charge in [0, 0.05) is 6.54 Å². The molecule has 1 aromatic rings. The van der Waals surface area contributed by atoms with E-state index in [1.54, 1.807) is 6.92 Å². The van der Waals surface area contributed by atoms with Crippen LogP contribution in [0.15, 0.2) is 33.1 Å². The second kappa shape index (κ2) is 6.99. The maximum Gasteiger partial charge on any atom is 0.320 e. The molecule has 4 N–H and O–H groups in total. The quantitative estimate of drug-likeness (QED) is 0.485. The molecule has 0 bridgehead atoms. The molecule has 1 heterocycles. The monoisotopic (exact) mass is 406 g/mol. The summed E-state index contributed by atoms with van der Waals surface area (Å²) in [6.07, 6.45) is -0.339. The Morgan fingerprint density at radius 2 is 1.69 bits per heavy atom. The Morgan fingerprint density at radius 1 is 1.15 bits per heavy atom. The number of amidine groups is 1. The van der Waals surface area contributed by atoms with Crippen molar-refractivity contribution in [2.24, 2.45) is 5.10 Å². The predicted octanol–water partition coefficient (Wildman–Crippen LogP) is -0.451. The molecular formula is C12H14N4O8S2. The third-order valence-electron chi connectivity index (χ3n) is 3.08. The zero-order valence-corrected chi connectivity index (χ0v) is 14.8. The molecular weight excluding hydrogens is 392 g/mol. The fourth-order valence-electron chi connectivity index (χ4n) is 2.01. The van der Waals surface area contributed by atoms with Crippen molar-refractivity contribution in [2.45, 2.75) is 23.1 Å². The Labute approximate surface area is 148 Å². The largest absolute Gasteiger partial charge is 0.338 e. The van der Waals surface area contributed by atoms with Gasteiger partial charge in [-0.3, -0.25) is 19.2 Å². The molecule has 0 aliphatic carbocycles. The van der Waals surface area contributed by atoms with Gasteiger partial charge in [-0.05, 0) is 25.1 Å². The molecule has 2 rings (SSSR count). The van der Waals surface area contributed by atoms with E-state index in [2.05, 4.69) is 15.7 Å². The van der Waals surface area contributed by atoms with Gasteiger partial charge in [-0.1, -0.05) is 0 Å². The minimum atomic E-state index is -4.84. The number of carbonyl (C=O) groups is 2. The molecule has 142 valence electrons. The van der Waals surface area contributed by atoms with Crippen LogP contribution in [-0.2, 0) is 25.0 Å². The van der Waals surface area contributed by atoms with Crippen LogP contribution in [-0.4, -0.2) is 50.3 Å². The summed E-state index contributed by atoms with van der Waals surface area (Å²) in [5.41, 5.74) is -0.342. The van der Waals surface area contributed by atoms with Crippen LogP contribution >= 0.6 is 0 Å². The second-order valence-electron chi connectivity index (χ2n) is 5.03. The summed E-state index contributed by atoms with van der Waals surface area (Å²) in [5.74, 6) is -0.766. The van der Waals surface area contributed by atoms with Crippen molar-refractivity contribution in [3.8, 4) is 0 Å². The molecule has 0 unspecified atom stereocenters. The van der Waals surface area contributed by atoms with Crippen LogP contribution in [0.5, 0.6) is 0 Å². The van der Waals surface area contributed by atoms with E-state index < -0.39 is 42.0 Å². The number of nitrogens with zero attached hydrogens (tertiary/aromatic N) is 2. The van der Waals surface area contributed by atoms with E-state index in [1.807, 2.05) is 0 Å². The van der Waals surface area contributed by atoms with Crippen LogP contribution in [0.3, 0.4) is 0 Å². The molecule has 12 nitrogen and oxygen atoms in total. The van der Waals surface area contributed by atoms with Gasteiger partial charge in [0.25, 0.3) is 26.1 Å². The third-order valence-corrected chi connectivity index (χ3v) is 4.74. The normalized spacial score (nSPS) is 15.0. The lowest BCUT2D eigenvalue weighted by Gasteiger charge is -2.13. The van der Waals surface area contributed by atoms with E-state index in [9.17, 15) is 26.4 Å². The molecule has 0 saturated heterocycles. The zero-order chi connectivity index (χ0) is 19.7. The first-order valence-corrected chi connectivity index (χ1v) is 9.85. The molecule has 0 saturated carbocycles. The summed E-state index contributed by atoms with van der Waals surface area (Å²) >= 11 is 0. The first-order valence-electron chi connectivity index (χ1n) is 6.97. The van der Waals surface area contributed by atoms with Crippen LogP contribution in [0.4, 0.5) is 10.5 Å². The first-order chi connectivity index (χ1) is 11.9. The number of amides is 3. The number of anilines is 1. The van der Waals surface area contributed by atoms with Gasteiger partial charge >= 0.3 is 6.03 Å². The average Bonchev–Trinajstić information content (AvgIpc) is 2.85. The van der Waals surface area contributed by atoms with E-state index in [0.29, 0.717) is 17.6 Å². The van der Waals surface area contributed by atoms with Crippen LogP contribution in [0.25, 0.3) is 0 Å². The van der Waals surface area contributed by atoms with Crippen molar-refractivity contribution in [3.63, 3.8) is 0 Å². The lowest BCUT2D eigenvalue weighted by molar-refractivity contribution is -0.116. The van der Waals surface area contributed by atoms with E-state index in [0.717, 1.165) is 12.1 Å². The minimum Gasteiger partial charge on any atom is -0.338 e. The average molecular weight is 406 g/mol. The summed E-state index contributed by atoms with van der Waals surface area (Å²) in [6.45, 7) is 2.00. The number of nitrogens with one attached hydrogen (secondary N) is 2.